The Kier molecular flexibility index (Phi) is 8.60. The highest BCUT2D eigenvalue weighted by Crippen LogP contribution is 2.35. The first-order valence-corrected chi connectivity index (χ1v) is 14.9. The van der Waals surface area contributed by atoms with Gasteiger partial charge in [-0.3, -0.25) is 14.7 Å². The molecule has 0 bridgehead atoms. The van der Waals surface area contributed by atoms with E-state index in [0.717, 1.165) is 73.8 Å². The van der Waals surface area contributed by atoms with Crippen LogP contribution < -0.4 is 25.4 Å². The largest absolute Gasteiger partial charge is 0.492 e. The van der Waals surface area contributed by atoms with Gasteiger partial charge in [0.05, 0.1) is 17.8 Å². The Morgan fingerprint density at radius 2 is 1.93 bits per heavy atom. The Hall–Kier alpha value is -3.99. The number of anilines is 1. The van der Waals surface area contributed by atoms with E-state index >= 15 is 0 Å². The summed E-state index contributed by atoms with van der Waals surface area (Å²) in [6.45, 7) is 5.08. The average molecular weight is 596 g/mol. The molecule has 3 heterocycles. The molecule has 4 aliphatic rings. The summed E-state index contributed by atoms with van der Waals surface area (Å²) in [5, 5.41) is 9.28. The van der Waals surface area contributed by atoms with E-state index in [9.17, 15) is 18.0 Å². The molecule has 0 saturated carbocycles. The molecule has 1 atom stereocenters. The van der Waals surface area contributed by atoms with E-state index in [0.29, 0.717) is 43.9 Å². The minimum atomic E-state index is -4.56. The van der Waals surface area contributed by atoms with Gasteiger partial charge in [0.15, 0.2) is 0 Å². The molecule has 43 heavy (non-hydrogen) atoms. The Bertz CT molecular complexity index is 1450. The summed E-state index contributed by atoms with van der Waals surface area (Å²) >= 11 is 0. The van der Waals surface area contributed by atoms with Crippen molar-refractivity contribution in [2.75, 3.05) is 51.2 Å². The van der Waals surface area contributed by atoms with Gasteiger partial charge in [-0.25, -0.2) is 0 Å². The molecule has 1 fully saturated rings. The van der Waals surface area contributed by atoms with Gasteiger partial charge in [-0.15, -0.1) is 0 Å². The molecule has 228 valence electrons. The number of benzene rings is 2. The van der Waals surface area contributed by atoms with Crippen LogP contribution >= 0.6 is 0 Å². The summed E-state index contributed by atoms with van der Waals surface area (Å²) in [5.74, 6) is 1.61. The van der Waals surface area contributed by atoms with Crippen molar-refractivity contribution in [1.82, 2.24) is 15.5 Å². The SMILES string of the molecule is O=C(Nc1cc(OCCN2CCCC2)cc(C(F)(F)F)c1)C1CCc2ccc(OC3=CCNC(C4=NCCN4)=C3)cc2C1. The van der Waals surface area contributed by atoms with Crippen LogP contribution in [0.5, 0.6) is 11.5 Å². The molecule has 1 unspecified atom stereocenters. The summed E-state index contributed by atoms with van der Waals surface area (Å²) in [4.78, 5) is 20.0. The molecular formula is C32H36F3N5O3. The van der Waals surface area contributed by atoms with Crippen LogP contribution in [0, 0.1) is 5.92 Å². The van der Waals surface area contributed by atoms with Gasteiger partial charge in [0.1, 0.15) is 29.7 Å². The minimum Gasteiger partial charge on any atom is -0.492 e. The van der Waals surface area contributed by atoms with Crippen molar-refractivity contribution in [3.05, 3.63) is 76.7 Å². The number of likely N-dealkylation sites (tertiary alicyclic amines) is 1. The van der Waals surface area contributed by atoms with Gasteiger partial charge in [-0.2, -0.15) is 13.2 Å². The monoisotopic (exact) mass is 595 g/mol. The van der Waals surface area contributed by atoms with Crippen molar-refractivity contribution >= 4 is 17.4 Å². The number of fused-ring (bicyclic) bond motifs is 1. The molecule has 0 spiro atoms. The molecule has 3 N–H and O–H groups in total. The zero-order chi connectivity index (χ0) is 29.8. The van der Waals surface area contributed by atoms with Gasteiger partial charge in [-0.1, -0.05) is 6.07 Å². The van der Waals surface area contributed by atoms with Crippen molar-refractivity contribution in [3.8, 4) is 11.5 Å². The molecule has 1 saturated heterocycles. The fourth-order valence-corrected chi connectivity index (χ4v) is 5.93. The zero-order valence-electron chi connectivity index (χ0n) is 23.9. The van der Waals surface area contributed by atoms with E-state index in [4.69, 9.17) is 9.47 Å². The first kappa shape index (κ1) is 29.1. The van der Waals surface area contributed by atoms with Gasteiger partial charge in [0.2, 0.25) is 5.91 Å². The van der Waals surface area contributed by atoms with E-state index in [2.05, 4.69) is 25.8 Å². The summed E-state index contributed by atoms with van der Waals surface area (Å²) in [5.41, 5.74) is 2.27. The molecule has 2 aromatic carbocycles. The number of carbonyl (C=O) groups excluding carboxylic acids is 1. The fourth-order valence-electron chi connectivity index (χ4n) is 5.93. The number of hydrogen-bond donors (Lipinski definition) is 3. The maximum Gasteiger partial charge on any atom is 0.416 e. The molecule has 0 radical (unpaired) electrons. The van der Waals surface area contributed by atoms with Crippen LogP contribution in [0.25, 0.3) is 0 Å². The second kappa shape index (κ2) is 12.7. The zero-order valence-corrected chi connectivity index (χ0v) is 23.9. The maximum absolute atomic E-state index is 13.7. The number of halogens is 3. The van der Waals surface area contributed by atoms with Crippen LogP contribution in [0.3, 0.4) is 0 Å². The normalized spacial score (nSPS) is 20.3. The lowest BCUT2D eigenvalue weighted by molar-refractivity contribution is -0.137. The minimum absolute atomic E-state index is 0.0840. The number of aryl methyl sites for hydroxylation is 1. The number of aliphatic imine (C=N–C) groups is 1. The molecule has 11 heteroatoms. The summed E-state index contributed by atoms with van der Waals surface area (Å²) in [6, 6.07) is 9.33. The number of nitrogens with zero attached hydrogens (tertiary/aromatic N) is 2. The fraction of sp³-hybridized carbons (Fsp3) is 0.438. The van der Waals surface area contributed by atoms with Crippen molar-refractivity contribution in [2.45, 2.75) is 38.3 Å². The van der Waals surface area contributed by atoms with Crippen LogP contribution in [0.1, 0.15) is 36.0 Å². The highest BCUT2D eigenvalue weighted by atomic mass is 19.4. The third-order valence-corrected chi connectivity index (χ3v) is 8.20. The van der Waals surface area contributed by atoms with Gasteiger partial charge in [0.25, 0.3) is 0 Å². The lowest BCUT2D eigenvalue weighted by Crippen LogP contribution is -2.31. The average Bonchev–Trinajstić information content (AvgIpc) is 3.72. The summed E-state index contributed by atoms with van der Waals surface area (Å²) in [6.07, 6.45) is 3.33. The number of nitrogens with one attached hydrogen (secondary N) is 3. The molecule has 1 amide bonds. The van der Waals surface area contributed by atoms with Crippen molar-refractivity contribution in [3.63, 3.8) is 0 Å². The number of dihydropyridines is 1. The molecule has 1 aliphatic carbocycles. The lowest BCUT2D eigenvalue weighted by atomic mass is 9.83. The number of rotatable bonds is 9. The molecule has 2 aromatic rings. The number of alkyl halides is 3. The third-order valence-electron chi connectivity index (χ3n) is 8.20. The van der Waals surface area contributed by atoms with Crippen molar-refractivity contribution in [2.24, 2.45) is 10.9 Å². The number of amidine groups is 1. The Morgan fingerprint density at radius 3 is 2.72 bits per heavy atom. The Balaban J connectivity index is 1.10. The highest BCUT2D eigenvalue weighted by molar-refractivity contribution is 5.99. The van der Waals surface area contributed by atoms with Crippen molar-refractivity contribution in [1.29, 1.82) is 0 Å². The summed E-state index contributed by atoms with van der Waals surface area (Å²) in [7, 11) is 0. The number of carbonyl (C=O) groups is 1. The second-order valence-electron chi connectivity index (χ2n) is 11.3. The van der Waals surface area contributed by atoms with Crippen LogP contribution in [0.15, 0.2) is 65.0 Å². The third kappa shape index (κ3) is 7.33. The number of amides is 1. The van der Waals surface area contributed by atoms with Crippen LogP contribution in [0.4, 0.5) is 18.9 Å². The van der Waals surface area contributed by atoms with Crippen LogP contribution in [-0.4, -0.2) is 62.5 Å². The van der Waals surface area contributed by atoms with E-state index in [1.54, 1.807) is 0 Å². The second-order valence-corrected chi connectivity index (χ2v) is 11.3. The van der Waals surface area contributed by atoms with Gasteiger partial charge >= 0.3 is 6.18 Å². The van der Waals surface area contributed by atoms with Gasteiger partial charge < -0.3 is 25.4 Å². The number of hydrogen-bond acceptors (Lipinski definition) is 7. The number of allylic oxidation sites excluding steroid dienone is 1. The predicted octanol–water partition coefficient (Wildman–Crippen LogP) is 4.68. The molecule has 8 nitrogen and oxygen atoms in total. The van der Waals surface area contributed by atoms with Gasteiger partial charge in [-0.05, 0) is 86.7 Å². The molecule has 0 aromatic heterocycles. The van der Waals surface area contributed by atoms with Crippen LogP contribution in [-0.2, 0) is 23.8 Å². The maximum atomic E-state index is 13.7. The Labute approximate surface area is 249 Å². The quantitative estimate of drug-likeness (QED) is 0.391. The predicted molar refractivity (Wildman–Crippen MR) is 158 cm³/mol. The van der Waals surface area contributed by atoms with Crippen LogP contribution in [0.2, 0.25) is 0 Å². The first-order chi connectivity index (χ1) is 20.8. The van der Waals surface area contributed by atoms with Crippen molar-refractivity contribution < 1.29 is 27.4 Å². The van der Waals surface area contributed by atoms with E-state index in [1.165, 1.54) is 6.07 Å². The topological polar surface area (TPSA) is 87.2 Å². The molecule has 3 aliphatic heterocycles. The van der Waals surface area contributed by atoms with Gasteiger partial charge in [0, 0.05) is 43.4 Å². The smallest absolute Gasteiger partial charge is 0.416 e. The first-order valence-electron chi connectivity index (χ1n) is 14.9. The molecule has 6 rings (SSSR count). The molecular weight excluding hydrogens is 559 g/mol. The summed E-state index contributed by atoms with van der Waals surface area (Å²) < 4.78 is 52.9. The van der Waals surface area contributed by atoms with E-state index < -0.39 is 11.7 Å². The number of ether oxygens (including phenoxy) is 2. The Morgan fingerprint density at radius 1 is 1.07 bits per heavy atom. The standard InChI is InChI=1S/C32H36F3N5O3/c33-32(34,35)24-17-25(19-28(18-24)42-14-13-40-11-1-2-12-40)39-31(41)22-4-3-21-5-6-26(16-23(21)15-22)43-27-7-8-36-29(20-27)30-37-9-10-38-30/h5-7,16-20,22,36H,1-4,8-15H2,(H,37,38)(H,39,41). The van der Waals surface area contributed by atoms with E-state index in [-0.39, 0.29) is 29.9 Å². The van der Waals surface area contributed by atoms with E-state index in [1.807, 2.05) is 30.4 Å². The lowest BCUT2D eigenvalue weighted by Gasteiger charge is -2.25. The highest BCUT2D eigenvalue weighted by Gasteiger charge is 2.32.